The third kappa shape index (κ3) is 5.75. The topological polar surface area (TPSA) is 179 Å². The number of rotatable bonds is 9. The Morgan fingerprint density at radius 1 is 1.06 bits per heavy atom. The van der Waals surface area contributed by atoms with Crippen molar-refractivity contribution in [3.8, 4) is 5.75 Å². The van der Waals surface area contributed by atoms with Crippen LogP contribution in [0, 0.1) is 0 Å². The second-order valence-corrected chi connectivity index (χ2v) is 8.39. The molecule has 182 valence electrons. The number of aliphatic hydroxyl groups is 6. The highest BCUT2D eigenvalue weighted by atomic mass is 16.7. The Kier molecular flexibility index (Phi) is 8.44. The lowest BCUT2D eigenvalue weighted by Crippen LogP contribution is -2.60. The molecule has 2 saturated heterocycles. The van der Waals surface area contributed by atoms with Gasteiger partial charge in [0.25, 0.3) is 0 Å². The quantitative estimate of drug-likeness (QED) is 0.217. The molecule has 0 spiro atoms. The minimum absolute atomic E-state index is 0.175. The number of ether oxygens (including phenoxy) is 4. The number of benzene rings is 1. The molecule has 3 rings (SSSR count). The highest BCUT2D eigenvalue weighted by molar-refractivity contribution is 5.25. The molecule has 11 nitrogen and oxygen atoms in total. The lowest BCUT2D eigenvalue weighted by Gasteiger charge is -2.41. The molecule has 0 aromatic heterocycles. The summed E-state index contributed by atoms with van der Waals surface area (Å²) in [7, 11) is 0. The predicted molar refractivity (Wildman–Crippen MR) is 107 cm³/mol. The predicted octanol–water partition coefficient (Wildman–Crippen LogP) is -2.01. The van der Waals surface area contributed by atoms with Gasteiger partial charge in [-0.1, -0.05) is 12.1 Å². The summed E-state index contributed by atoms with van der Waals surface area (Å²) < 4.78 is 21.9. The van der Waals surface area contributed by atoms with E-state index in [0.717, 1.165) is 5.56 Å². The zero-order valence-electron chi connectivity index (χ0n) is 17.7. The first kappa shape index (κ1) is 25.2. The first-order chi connectivity index (χ1) is 15.1. The lowest BCUT2D eigenvalue weighted by atomic mass is 9.99. The summed E-state index contributed by atoms with van der Waals surface area (Å²) in [5.74, 6) is 0.175. The van der Waals surface area contributed by atoms with Gasteiger partial charge < -0.3 is 54.7 Å². The minimum atomic E-state index is -1.86. The van der Waals surface area contributed by atoms with E-state index in [1.807, 2.05) is 0 Å². The molecule has 2 fully saturated rings. The van der Waals surface area contributed by atoms with Crippen molar-refractivity contribution in [2.24, 2.45) is 0 Å². The fourth-order valence-electron chi connectivity index (χ4n) is 3.62. The zero-order valence-corrected chi connectivity index (χ0v) is 17.7. The Morgan fingerprint density at radius 3 is 2.38 bits per heavy atom. The van der Waals surface area contributed by atoms with Crippen molar-refractivity contribution in [2.45, 2.75) is 74.6 Å². The molecule has 0 aliphatic carbocycles. The Balaban J connectivity index is 1.52. The van der Waals surface area contributed by atoms with E-state index < -0.39 is 55.3 Å². The van der Waals surface area contributed by atoms with Crippen LogP contribution in [0.5, 0.6) is 5.75 Å². The summed E-state index contributed by atoms with van der Waals surface area (Å²) in [5.41, 5.74) is -0.867. The Bertz CT molecular complexity index is 716. The number of phenols is 1. The fraction of sp³-hybridized carbons (Fsp3) is 0.714. The standard InChI is InChI=1S/C21H32O11/c1-11(2-3-12-4-6-13(23)7-5-12)31-19-17(26)16(25)15(24)14(32-19)8-29-20-18(27)21(28,9-22)10-30-20/h4-7,11,14-20,22-28H,2-3,8-10H2,1H3/t11-,14+,15+,16-,17+,18+,19+,20+,21+/m1/s1. The van der Waals surface area contributed by atoms with Gasteiger partial charge in [0.05, 0.1) is 25.9 Å². The first-order valence-electron chi connectivity index (χ1n) is 10.5. The maximum absolute atomic E-state index is 10.3. The first-order valence-corrected chi connectivity index (χ1v) is 10.5. The van der Waals surface area contributed by atoms with Crippen LogP contribution >= 0.6 is 0 Å². The largest absolute Gasteiger partial charge is 0.508 e. The molecule has 2 heterocycles. The van der Waals surface area contributed by atoms with Gasteiger partial charge in [-0.05, 0) is 37.5 Å². The normalized spacial score (nSPS) is 38.7. The summed E-state index contributed by atoms with van der Waals surface area (Å²) in [6.45, 7) is 0.377. The maximum Gasteiger partial charge on any atom is 0.186 e. The van der Waals surface area contributed by atoms with Crippen LogP contribution in [0.4, 0.5) is 0 Å². The Labute approximate surface area is 185 Å². The average Bonchev–Trinajstić information content (AvgIpc) is 3.07. The van der Waals surface area contributed by atoms with Crippen molar-refractivity contribution < 1.29 is 54.7 Å². The average molecular weight is 460 g/mol. The maximum atomic E-state index is 10.3. The van der Waals surface area contributed by atoms with E-state index in [1.165, 1.54) is 0 Å². The lowest BCUT2D eigenvalue weighted by molar-refractivity contribution is -0.317. The molecule has 1 aromatic rings. The van der Waals surface area contributed by atoms with Crippen LogP contribution in [0.1, 0.15) is 18.9 Å². The van der Waals surface area contributed by atoms with Crippen LogP contribution in [0.2, 0.25) is 0 Å². The number of hydrogen-bond donors (Lipinski definition) is 7. The third-order valence-electron chi connectivity index (χ3n) is 5.82. The van der Waals surface area contributed by atoms with Crippen LogP contribution in [0.25, 0.3) is 0 Å². The van der Waals surface area contributed by atoms with Crippen LogP contribution in [0.3, 0.4) is 0 Å². The summed E-state index contributed by atoms with van der Waals surface area (Å²) in [4.78, 5) is 0. The molecule has 0 saturated carbocycles. The van der Waals surface area contributed by atoms with Crippen molar-refractivity contribution in [1.82, 2.24) is 0 Å². The second-order valence-electron chi connectivity index (χ2n) is 8.39. The fourth-order valence-corrected chi connectivity index (χ4v) is 3.62. The minimum Gasteiger partial charge on any atom is -0.508 e. The van der Waals surface area contributed by atoms with Gasteiger partial charge in [-0.2, -0.15) is 0 Å². The third-order valence-corrected chi connectivity index (χ3v) is 5.82. The smallest absolute Gasteiger partial charge is 0.186 e. The SMILES string of the molecule is C[C@H](CCc1ccc(O)cc1)O[C@H]1O[C@@H](CO[C@H]2OC[C@@](O)(CO)[C@H]2O)[C@H](O)[C@@H](O)[C@@H]1O. The Hall–Kier alpha value is -1.38. The van der Waals surface area contributed by atoms with Crippen LogP contribution in [-0.4, -0.2) is 110 Å². The number of phenolic OH excluding ortho intramolecular Hbond substituents is 1. The van der Waals surface area contributed by atoms with Crippen molar-refractivity contribution in [3.63, 3.8) is 0 Å². The molecule has 7 N–H and O–H groups in total. The van der Waals surface area contributed by atoms with E-state index in [1.54, 1.807) is 31.2 Å². The van der Waals surface area contributed by atoms with Crippen LogP contribution in [-0.2, 0) is 25.4 Å². The van der Waals surface area contributed by atoms with Crippen molar-refractivity contribution in [3.05, 3.63) is 29.8 Å². The van der Waals surface area contributed by atoms with E-state index in [0.29, 0.717) is 12.8 Å². The summed E-state index contributed by atoms with van der Waals surface area (Å²) in [6, 6.07) is 6.75. The number of aliphatic hydroxyl groups excluding tert-OH is 5. The summed E-state index contributed by atoms with van der Waals surface area (Å²) in [6.07, 6.45) is -8.83. The molecule has 0 radical (unpaired) electrons. The summed E-state index contributed by atoms with van der Waals surface area (Å²) >= 11 is 0. The van der Waals surface area contributed by atoms with Gasteiger partial charge in [-0.25, -0.2) is 0 Å². The number of aryl methyl sites for hydroxylation is 1. The zero-order chi connectivity index (χ0) is 23.5. The highest BCUT2D eigenvalue weighted by Gasteiger charge is 2.50. The van der Waals surface area contributed by atoms with E-state index in [9.17, 15) is 35.7 Å². The molecule has 2 aliphatic heterocycles. The van der Waals surface area contributed by atoms with E-state index in [4.69, 9.17) is 18.9 Å². The molecular weight excluding hydrogens is 428 g/mol. The van der Waals surface area contributed by atoms with Gasteiger partial charge in [0.15, 0.2) is 12.6 Å². The van der Waals surface area contributed by atoms with Gasteiger partial charge in [-0.3, -0.25) is 0 Å². The van der Waals surface area contributed by atoms with Gasteiger partial charge in [-0.15, -0.1) is 0 Å². The molecule has 11 heteroatoms. The van der Waals surface area contributed by atoms with Crippen LogP contribution in [0.15, 0.2) is 24.3 Å². The van der Waals surface area contributed by atoms with Gasteiger partial charge >= 0.3 is 0 Å². The molecule has 2 aliphatic rings. The number of aromatic hydroxyl groups is 1. The second kappa shape index (κ2) is 10.7. The molecule has 32 heavy (non-hydrogen) atoms. The highest BCUT2D eigenvalue weighted by Crippen LogP contribution is 2.28. The van der Waals surface area contributed by atoms with Gasteiger partial charge in [0, 0.05) is 0 Å². The molecule has 0 bridgehead atoms. The van der Waals surface area contributed by atoms with E-state index in [-0.39, 0.29) is 25.1 Å². The van der Waals surface area contributed by atoms with E-state index >= 15 is 0 Å². The van der Waals surface area contributed by atoms with Crippen molar-refractivity contribution in [2.75, 3.05) is 19.8 Å². The summed E-state index contributed by atoms with van der Waals surface area (Å²) in [5, 5.41) is 69.3. The Morgan fingerprint density at radius 2 is 1.75 bits per heavy atom. The number of hydrogen-bond acceptors (Lipinski definition) is 11. The molecule has 1 aromatic carbocycles. The molecule has 0 unspecified atom stereocenters. The van der Waals surface area contributed by atoms with Gasteiger partial charge in [0.1, 0.15) is 41.9 Å². The molecule has 9 atom stereocenters. The van der Waals surface area contributed by atoms with E-state index in [2.05, 4.69) is 0 Å². The van der Waals surface area contributed by atoms with Gasteiger partial charge in [0.2, 0.25) is 0 Å². The molecule has 0 amide bonds. The van der Waals surface area contributed by atoms with Crippen molar-refractivity contribution >= 4 is 0 Å². The monoisotopic (exact) mass is 460 g/mol. The molecular formula is C21H32O11. The van der Waals surface area contributed by atoms with Crippen LogP contribution < -0.4 is 0 Å². The van der Waals surface area contributed by atoms with Crippen molar-refractivity contribution in [1.29, 1.82) is 0 Å².